The minimum Gasteiger partial charge on any atom is -0.381 e. The normalized spacial score (nSPS) is 34.0. The van der Waals surface area contributed by atoms with Crippen molar-refractivity contribution in [3.8, 4) is 0 Å². The second-order valence-corrected chi connectivity index (χ2v) is 14.2. The second-order valence-electron chi connectivity index (χ2n) is 13.1. The second kappa shape index (κ2) is 12.3. The van der Waals surface area contributed by atoms with Crippen LogP contribution in [0.2, 0.25) is 0 Å². The molecule has 2 aliphatic carbocycles. The number of aromatic nitrogens is 1. The van der Waals surface area contributed by atoms with E-state index in [2.05, 4.69) is 17.6 Å². The van der Waals surface area contributed by atoms with Crippen molar-refractivity contribution < 1.29 is 18.7 Å². The fraction of sp³-hybridized carbons (Fsp3) is 0.839. The number of carbonyl (C=O) groups is 2. The van der Waals surface area contributed by atoms with E-state index in [1.807, 2.05) is 4.90 Å². The topological polar surface area (TPSA) is 83.6 Å². The summed E-state index contributed by atoms with van der Waals surface area (Å²) in [6.45, 7) is 4.68. The van der Waals surface area contributed by atoms with Crippen LogP contribution in [0.3, 0.4) is 0 Å². The molecule has 6 rings (SSSR count). The SMILES string of the molecule is CCC1CC(F)CC2NC(C(=O)N3CCc4nc(NC(=O)C5CCOCC5)sc4C3)CC12C1CCCCCCC1. The third-order valence-corrected chi connectivity index (χ3v) is 11.9. The number of carbonyl (C=O) groups excluding carboxylic acids is 2. The molecule has 4 fully saturated rings. The van der Waals surface area contributed by atoms with Crippen LogP contribution in [0.1, 0.15) is 101 Å². The number of halogens is 1. The van der Waals surface area contributed by atoms with Gasteiger partial charge in [0.2, 0.25) is 11.8 Å². The van der Waals surface area contributed by atoms with Gasteiger partial charge in [-0.15, -0.1) is 0 Å². The summed E-state index contributed by atoms with van der Waals surface area (Å²) in [7, 11) is 0. The summed E-state index contributed by atoms with van der Waals surface area (Å²) in [5, 5.41) is 7.41. The van der Waals surface area contributed by atoms with Gasteiger partial charge in [-0.25, -0.2) is 9.37 Å². The lowest BCUT2D eigenvalue weighted by Crippen LogP contribution is -2.53. The molecule has 4 heterocycles. The molecule has 3 aliphatic heterocycles. The van der Waals surface area contributed by atoms with Crippen LogP contribution in [-0.2, 0) is 27.3 Å². The third-order valence-electron chi connectivity index (χ3n) is 10.9. The number of ether oxygens (including phenoxy) is 1. The average Bonchev–Trinajstić information content (AvgIpc) is 3.53. The van der Waals surface area contributed by atoms with E-state index in [1.54, 1.807) is 0 Å². The highest BCUT2D eigenvalue weighted by atomic mass is 32.1. The van der Waals surface area contributed by atoms with Crippen molar-refractivity contribution in [1.82, 2.24) is 15.2 Å². The number of rotatable bonds is 5. The quantitative estimate of drug-likeness (QED) is 0.476. The van der Waals surface area contributed by atoms with Crippen molar-refractivity contribution in [3.63, 3.8) is 0 Å². The summed E-state index contributed by atoms with van der Waals surface area (Å²) in [5.41, 5.74) is 1.03. The van der Waals surface area contributed by atoms with Gasteiger partial charge in [0.15, 0.2) is 5.13 Å². The van der Waals surface area contributed by atoms with E-state index < -0.39 is 6.17 Å². The summed E-state index contributed by atoms with van der Waals surface area (Å²) in [4.78, 5) is 34.5. The Balaban J connectivity index is 1.15. The molecule has 1 aromatic heterocycles. The van der Waals surface area contributed by atoms with Gasteiger partial charge in [-0.1, -0.05) is 56.8 Å². The first-order valence-corrected chi connectivity index (χ1v) is 16.9. The van der Waals surface area contributed by atoms with Crippen LogP contribution in [0.5, 0.6) is 0 Å². The molecule has 5 aliphatic rings. The molecule has 2 saturated carbocycles. The molecule has 5 unspecified atom stereocenters. The Hall–Kier alpha value is -1.58. The monoisotopic (exact) mass is 574 g/mol. The zero-order chi connectivity index (χ0) is 27.7. The number of thiazole rings is 1. The third kappa shape index (κ3) is 5.59. The number of hydrogen-bond acceptors (Lipinski definition) is 6. The lowest BCUT2D eigenvalue weighted by atomic mass is 9.54. The Morgan fingerprint density at radius 3 is 2.62 bits per heavy atom. The van der Waals surface area contributed by atoms with E-state index in [-0.39, 0.29) is 35.2 Å². The molecule has 2 amide bonds. The van der Waals surface area contributed by atoms with Crippen LogP contribution >= 0.6 is 11.3 Å². The van der Waals surface area contributed by atoms with E-state index in [0.717, 1.165) is 36.3 Å². The summed E-state index contributed by atoms with van der Waals surface area (Å²) in [6.07, 6.45) is 13.4. The van der Waals surface area contributed by atoms with E-state index in [0.29, 0.717) is 62.5 Å². The molecular weight excluding hydrogens is 527 g/mol. The smallest absolute Gasteiger partial charge is 0.240 e. The summed E-state index contributed by atoms with van der Waals surface area (Å²) in [5.74, 6) is 1.09. The van der Waals surface area contributed by atoms with Crippen LogP contribution in [-0.4, -0.2) is 59.7 Å². The molecule has 9 heteroatoms. The van der Waals surface area contributed by atoms with Gasteiger partial charge in [0.1, 0.15) is 6.17 Å². The summed E-state index contributed by atoms with van der Waals surface area (Å²) >= 11 is 1.50. The van der Waals surface area contributed by atoms with Crippen LogP contribution in [0.15, 0.2) is 0 Å². The first-order chi connectivity index (χ1) is 19.5. The standard InChI is InChI=1S/C31H47FN4O3S/c1-2-21-16-23(32)17-27-31(21,22-8-6-4-3-5-7-9-22)18-25(33-27)29(38)36-13-10-24-26(19-36)40-30(34-24)35-28(37)20-11-14-39-15-12-20/h20-23,25,27,33H,2-19H2,1H3,(H,34,35,37). The van der Waals surface area contributed by atoms with Crippen molar-refractivity contribution in [2.75, 3.05) is 25.1 Å². The Morgan fingerprint density at radius 2 is 1.88 bits per heavy atom. The fourth-order valence-electron chi connectivity index (χ4n) is 8.88. The lowest BCUT2D eigenvalue weighted by Gasteiger charge is -2.52. The van der Waals surface area contributed by atoms with Crippen LogP contribution < -0.4 is 10.6 Å². The zero-order valence-electron chi connectivity index (χ0n) is 24.1. The lowest BCUT2D eigenvalue weighted by molar-refractivity contribution is -0.134. The van der Waals surface area contributed by atoms with Gasteiger partial charge in [-0.2, -0.15) is 0 Å². The van der Waals surface area contributed by atoms with Gasteiger partial charge in [0.25, 0.3) is 0 Å². The van der Waals surface area contributed by atoms with Crippen molar-refractivity contribution in [2.45, 2.75) is 122 Å². The Morgan fingerprint density at radius 1 is 1.12 bits per heavy atom. The van der Waals surface area contributed by atoms with Crippen molar-refractivity contribution in [1.29, 1.82) is 0 Å². The zero-order valence-corrected chi connectivity index (χ0v) is 24.9. The molecule has 0 bridgehead atoms. The van der Waals surface area contributed by atoms with E-state index in [1.165, 1.54) is 56.3 Å². The van der Waals surface area contributed by atoms with Gasteiger partial charge < -0.3 is 20.3 Å². The molecule has 0 aromatic carbocycles. The summed E-state index contributed by atoms with van der Waals surface area (Å²) in [6, 6.07) is -0.146. The van der Waals surface area contributed by atoms with E-state index >= 15 is 4.39 Å². The molecule has 7 nitrogen and oxygen atoms in total. The molecule has 0 radical (unpaired) electrons. The van der Waals surface area contributed by atoms with Crippen molar-refractivity contribution in [3.05, 3.63) is 10.6 Å². The average molecular weight is 575 g/mol. The molecule has 1 aromatic rings. The summed E-state index contributed by atoms with van der Waals surface area (Å²) < 4.78 is 20.4. The maximum Gasteiger partial charge on any atom is 0.240 e. The van der Waals surface area contributed by atoms with Crippen LogP contribution in [0.4, 0.5) is 9.52 Å². The highest BCUT2D eigenvalue weighted by Crippen LogP contribution is 2.58. The van der Waals surface area contributed by atoms with Gasteiger partial charge in [0, 0.05) is 43.0 Å². The first kappa shape index (κ1) is 28.5. The number of alkyl halides is 1. The number of anilines is 1. The molecular formula is C31H47FN4O3S. The van der Waals surface area contributed by atoms with Crippen molar-refractivity contribution in [2.24, 2.45) is 23.2 Å². The highest BCUT2D eigenvalue weighted by Gasteiger charge is 2.59. The largest absolute Gasteiger partial charge is 0.381 e. The molecule has 2 N–H and O–H groups in total. The number of fused-ring (bicyclic) bond motifs is 2. The number of amides is 2. The van der Waals surface area contributed by atoms with Crippen molar-refractivity contribution >= 4 is 28.3 Å². The van der Waals surface area contributed by atoms with Gasteiger partial charge >= 0.3 is 0 Å². The Bertz CT molecular complexity index is 1050. The maximum atomic E-state index is 15.0. The molecule has 222 valence electrons. The van der Waals surface area contributed by atoms with Crippen LogP contribution in [0.25, 0.3) is 0 Å². The Kier molecular flexibility index (Phi) is 8.80. The molecule has 0 spiro atoms. The number of nitrogens with zero attached hydrogens (tertiary/aromatic N) is 2. The highest BCUT2D eigenvalue weighted by molar-refractivity contribution is 7.15. The Labute approximate surface area is 242 Å². The predicted octanol–water partition coefficient (Wildman–Crippen LogP) is 5.63. The minimum atomic E-state index is -0.775. The van der Waals surface area contributed by atoms with Crippen LogP contribution in [0, 0.1) is 23.2 Å². The molecule has 40 heavy (non-hydrogen) atoms. The first-order valence-electron chi connectivity index (χ1n) is 16.0. The fourth-order valence-corrected chi connectivity index (χ4v) is 9.91. The molecule has 5 atom stereocenters. The minimum absolute atomic E-state index is 0.0225. The molecule has 2 saturated heterocycles. The number of nitrogens with one attached hydrogen (secondary N) is 2. The maximum absolute atomic E-state index is 15.0. The van der Waals surface area contributed by atoms with Gasteiger partial charge in [0.05, 0.1) is 18.3 Å². The predicted molar refractivity (Wildman–Crippen MR) is 155 cm³/mol. The van der Waals surface area contributed by atoms with Gasteiger partial charge in [-0.05, 0) is 62.2 Å². The van der Waals surface area contributed by atoms with E-state index in [9.17, 15) is 9.59 Å². The van der Waals surface area contributed by atoms with Gasteiger partial charge in [-0.3, -0.25) is 9.59 Å². The number of hydrogen-bond donors (Lipinski definition) is 2. The van der Waals surface area contributed by atoms with E-state index in [4.69, 9.17) is 9.72 Å².